The van der Waals surface area contributed by atoms with Gasteiger partial charge in [0.15, 0.2) is 5.58 Å². The maximum Gasteiger partial charge on any atom is 0.381 e. The van der Waals surface area contributed by atoms with E-state index in [1.807, 2.05) is 0 Å². The predicted octanol–water partition coefficient (Wildman–Crippen LogP) is 2.77. The van der Waals surface area contributed by atoms with Gasteiger partial charge in [-0.15, -0.1) is 0 Å². The molecule has 0 aliphatic carbocycles. The molecule has 0 bridgehead atoms. The normalized spacial score (nSPS) is 12.6. The number of hydrogen-bond acceptors (Lipinski definition) is 3. The summed E-state index contributed by atoms with van der Waals surface area (Å²) in [7, 11) is 0. The lowest BCUT2D eigenvalue weighted by Gasteiger charge is -2.09. The molecule has 0 aliphatic heterocycles. The van der Waals surface area contributed by atoms with Crippen LogP contribution in [0.15, 0.2) is 22.6 Å². The summed E-state index contributed by atoms with van der Waals surface area (Å²) in [5.74, 6) is -5.73. The fourth-order valence-electron chi connectivity index (χ4n) is 1.21. The largest absolute Gasteiger partial charge is 0.435 e. The minimum atomic E-state index is -4.41. The van der Waals surface area contributed by atoms with Crippen molar-refractivity contribution in [1.29, 1.82) is 0 Å². The topological polar surface area (TPSA) is 52.0 Å². The van der Waals surface area contributed by atoms with Crippen molar-refractivity contribution >= 4 is 16.8 Å². The van der Waals surface area contributed by atoms with Gasteiger partial charge in [0.1, 0.15) is 5.52 Å². The molecule has 0 atom stereocenters. The van der Waals surface area contributed by atoms with Gasteiger partial charge in [-0.1, -0.05) is 6.07 Å². The number of fused-ring (bicyclic) bond motifs is 1. The number of benzene rings is 1. The average Bonchev–Trinajstić information content (AvgIpc) is 2.63. The van der Waals surface area contributed by atoms with Crippen LogP contribution in [0.1, 0.15) is 5.89 Å². The molecule has 86 valence electrons. The Hall–Kier alpha value is -1.79. The molecule has 1 aromatic carbocycles. The third-order valence-electron chi connectivity index (χ3n) is 2.01. The number of hydrogen-bond donors (Lipinski definition) is 1. The van der Waals surface area contributed by atoms with Crippen LogP contribution < -0.4 is 5.73 Å². The first-order chi connectivity index (χ1) is 7.43. The van der Waals surface area contributed by atoms with Gasteiger partial charge >= 0.3 is 12.3 Å². The van der Waals surface area contributed by atoms with E-state index in [-0.39, 0.29) is 16.8 Å². The average molecular weight is 234 g/mol. The van der Waals surface area contributed by atoms with Gasteiger partial charge in [-0.3, -0.25) is 0 Å². The highest BCUT2D eigenvalue weighted by Gasteiger charge is 2.48. The highest BCUT2D eigenvalue weighted by Crippen LogP contribution is 2.36. The molecule has 0 saturated heterocycles. The molecular formula is C9H6F4N2O. The Morgan fingerprint density at radius 1 is 1.31 bits per heavy atom. The van der Waals surface area contributed by atoms with Crippen molar-refractivity contribution in [3.8, 4) is 0 Å². The molecule has 7 heteroatoms. The fraction of sp³-hybridized carbons (Fsp3) is 0.222. The molecule has 2 aromatic rings. The minimum Gasteiger partial charge on any atom is -0.435 e. The van der Waals surface area contributed by atoms with Crippen molar-refractivity contribution in [2.24, 2.45) is 0 Å². The number of nitrogen functional groups attached to an aromatic ring is 1. The van der Waals surface area contributed by atoms with E-state index in [1.165, 1.54) is 18.2 Å². The van der Waals surface area contributed by atoms with Crippen LogP contribution in [-0.4, -0.2) is 11.4 Å². The van der Waals surface area contributed by atoms with Crippen LogP contribution in [-0.2, 0) is 5.92 Å². The lowest BCUT2D eigenvalue weighted by atomic mass is 10.3. The molecule has 0 amide bonds. The van der Waals surface area contributed by atoms with Crippen LogP contribution in [0, 0.1) is 0 Å². The number of aromatic nitrogens is 1. The summed E-state index contributed by atoms with van der Waals surface area (Å²) in [6.07, 6.45) is -3.87. The third kappa shape index (κ3) is 1.48. The maximum absolute atomic E-state index is 12.9. The number of para-hydroxylation sites is 1. The van der Waals surface area contributed by atoms with E-state index in [1.54, 1.807) is 0 Å². The molecule has 1 heterocycles. The van der Waals surface area contributed by atoms with Crippen molar-refractivity contribution in [3.63, 3.8) is 0 Å². The summed E-state index contributed by atoms with van der Waals surface area (Å²) in [5.41, 5.74) is 5.44. The fourth-order valence-corrected chi connectivity index (χ4v) is 1.21. The molecule has 1 aromatic heterocycles. The van der Waals surface area contributed by atoms with Crippen molar-refractivity contribution in [3.05, 3.63) is 24.1 Å². The maximum atomic E-state index is 12.9. The van der Waals surface area contributed by atoms with Gasteiger partial charge in [-0.05, 0) is 12.1 Å². The summed E-state index contributed by atoms with van der Waals surface area (Å²) < 4.78 is 54.4. The van der Waals surface area contributed by atoms with Gasteiger partial charge in [0.2, 0.25) is 0 Å². The Bertz CT molecular complexity index is 523. The Kier molecular flexibility index (Phi) is 2.25. The number of alkyl halides is 4. The van der Waals surface area contributed by atoms with Crippen molar-refractivity contribution in [2.75, 3.05) is 5.73 Å². The molecular weight excluding hydrogens is 228 g/mol. The van der Waals surface area contributed by atoms with Gasteiger partial charge in [0.05, 0.1) is 5.69 Å². The molecule has 0 aliphatic rings. The van der Waals surface area contributed by atoms with Crippen molar-refractivity contribution in [1.82, 2.24) is 4.98 Å². The Labute approximate surface area is 86.9 Å². The lowest BCUT2D eigenvalue weighted by molar-refractivity contribution is -0.150. The van der Waals surface area contributed by atoms with Crippen molar-refractivity contribution in [2.45, 2.75) is 12.3 Å². The van der Waals surface area contributed by atoms with Gasteiger partial charge in [0.25, 0.3) is 5.89 Å². The zero-order valence-corrected chi connectivity index (χ0v) is 7.75. The second-order valence-electron chi connectivity index (χ2n) is 3.14. The standard InChI is InChI=1S/C9H6F4N2O/c10-7(11)9(12,13)8-15-6-4(14)2-1-3-5(6)16-8/h1-3,7H,14H2. The quantitative estimate of drug-likeness (QED) is 0.642. The summed E-state index contributed by atoms with van der Waals surface area (Å²) in [5, 5.41) is 0. The molecule has 0 unspecified atom stereocenters. The second kappa shape index (κ2) is 3.36. The second-order valence-corrected chi connectivity index (χ2v) is 3.14. The van der Waals surface area contributed by atoms with E-state index >= 15 is 0 Å². The lowest BCUT2D eigenvalue weighted by Crippen LogP contribution is -2.23. The van der Waals surface area contributed by atoms with Gasteiger partial charge < -0.3 is 10.2 Å². The summed E-state index contributed by atoms with van der Waals surface area (Å²) in [4.78, 5) is 3.28. The number of oxazole rings is 1. The molecule has 2 N–H and O–H groups in total. The summed E-state index contributed by atoms with van der Waals surface area (Å²) in [6, 6.07) is 4.19. The summed E-state index contributed by atoms with van der Waals surface area (Å²) in [6.45, 7) is 0. The molecule has 0 fully saturated rings. The molecule has 2 rings (SSSR count). The highest BCUT2D eigenvalue weighted by atomic mass is 19.3. The SMILES string of the molecule is Nc1cccc2oc(C(F)(F)C(F)F)nc12. The van der Waals surface area contributed by atoms with E-state index in [9.17, 15) is 17.6 Å². The number of halogens is 4. The van der Waals surface area contributed by atoms with E-state index in [0.29, 0.717) is 0 Å². The first-order valence-corrected chi connectivity index (χ1v) is 4.24. The molecule has 16 heavy (non-hydrogen) atoms. The Morgan fingerprint density at radius 2 is 2.00 bits per heavy atom. The zero-order valence-electron chi connectivity index (χ0n) is 7.75. The van der Waals surface area contributed by atoms with E-state index in [0.717, 1.165) is 0 Å². The smallest absolute Gasteiger partial charge is 0.381 e. The first-order valence-electron chi connectivity index (χ1n) is 4.24. The van der Waals surface area contributed by atoms with Crippen LogP contribution in [0.5, 0.6) is 0 Å². The molecule has 0 radical (unpaired) electrons. The van der Waals surface area contributed by atoms with E-state index in [2.05, 4.69) is 9.40 Å². The van der Waals surface area contributed by atoms with Crippen LogP contribution >= 0.6 is 0 Å². The van der Waals surface area contributed by atoms with E-state index < -0.39 is 18.2 Å². The molecule has 0 spiro atoms. The van der Waals surface area contributed by atoms with Crippen LogP contribution in [0.2, 0.25) is 0 Å². The minimum absolute atomic E-state index is 0.0437. The zero-order chi connectivity index (χ0) is 11.9. The first kappa shape index (κ1) is 10.7. The number of anilines is 1. The third-order valence-corrected chi connectivity index (χ3v) is 2.01. The number of nitrogens with two attached hydrogens (primary N) is 1. The van der Waals surface area contributed by atoms with Gasteiger partial charge in [0, 0.05) is 0 Å². The molecule has 0 saturated carbocycles. The van der Waals surface area contributed by atoms with Crippen LogP contribution in [0.3, 0.4) is 0 Å². The van der Waals surface area contributed by atoms with Crippen LogP contribution in [0.4, 0.5) is 23.2 Å². The van der Waals surface area contributed by atoms with E-state index in [4.69, 9.17) is 5.73 Å². The monoisotopic (exact) mass is 234 g/mol. The number of nitrogens with zero attached hydrogens (tertiary/aromatic N) is 1. The van der Waals surface area contributed by atoms with Gasteiger partial charge in [-0.2, -0.15) is 8.78 Å². The van der Waals surface area contributed by atoms with Crippen molar-refractivity contribution < 1.29 is 22.0 Å². The highest BCUT2D eigenvalue weighted by molar-refractivity contribution is 5.85. The predicted molar refractivity (Wildman–Crippen MR) is 48.3 cm³/mol. The summed E-state index contributed by atoms with van der Waals surface area (Å²) >= 11 is 0. The Balaban J connectivity index is 2.60. The number of rotatable bonds is 2. The molecule has 3 nitrogen and oxygen atoms in total. The Morgan fingerprint density at radius 3 is 2.56 bits per heavy atom. The van der Waals surface area contributed by atoms with Gasteiger partial charge in [-0.25, -0.2) is 13.8 Å². The van der Waals surface area contributed by atoms with Crippen LogP contribution in [0.25, 0.3) is 11.1 Å².